The molecule has 4 rings (SSSR count). The van der Waals surface area contributed by atoms with E-state index in [0.717, 1.165) is 23.2 Å². The molecule has 2 aromatic heterocycles. The molecule has 0 aliphatic heterocycles. The first kappa shape index (κ1) is 17.7. The second-order valence-corrected chi connectivity index (χ2v) is 6.59. The Bertz CT molecular complexity index is 1100. The van der Waals surface area contributed by atoms with Crippen LogP contribution in [0.4, 0.5) is 11.5 Å². The fraction of sp³-hybridized carbons (Fsp3) is 0.136. The van der Waals surface area contributed by atoms with Gasteiger partial charge in [-0.05, 0) is 36.6 Å². The van der Waals surface area contributed by atoms with Crippen LogP contribution in [0, 0.1) is 6.92 Å². The largest absolute Gasteiger partial charge is 0.361 e. The first-order chi connectivity index (χ1) is 13.7. The zero-order valence-electron chi connectivity index (χ0n) is 15.6. The van der Waals surface area contributed by atoms with E-state index in [2.05, 4.69) is 31.7 Å². The summed E-state index contributed by atoms with van der Waals surface area (Å²) in [6, 6.07) is 16.1. The molecule has 0 atom stereocenters. The monoisotopic (exact) mass is 371 g/mol. The number of nitrogens with one attached hydrogen (secondary N) is 3. The van der Waals surface area contributed by atoms with Crippen molar-refractivity contribution in [2.75, 3.05) is 11.9 Å². The average molecular weight is 371 g/mol. The minimum absolute atomic E-state index is 0.227. The lowest BCUT2D eigenvalue weighted by molar-refractivity contribution is 0.0949. The fourth-order valence-corrected chi connectivity index (χ4v) is 3.10. The number of nitrogens with zero attached hydrogens (tertiary/aromatic N) is 2. The van der Waals surface area contributed by atoms with Gasteiger partial charge in [-0.3, -0.25) is 4.79 Å². The maximum Gasteiger partial charge on any atom is 0.271 e. The maximum absolute atomic E-state index is 12.3. The number of aryl methyl sites for hydroxylation is 1. The minimum Gasteiger partial charge on any atom is -0.361 e. The highest BCUT2D eigenvalue weighted by Crippen LogP contribution is 2.18. The number of rotatable bonds is 6. The molecule has 4 aromatic rings. The molecule has 0 saturated heterocycles. The van der Waals surface area contributed by atoms with E-state index in [4.69, 9.17) is 0 Å². The molecule has 0 bridgehead atoms. The minimum atomic E-state index is -0.227. The van der Waals surface area contributed by atoms with E-state index in [-0.39, 0.29) is 5.91 Å². The first-order valence-electron chi connectivity index (χ1n) is 9.18. The molecule has 1 amide bonds. The van der Waals surface area contributed by atoms with Crippen LogP contribution in [-0.4, -0.2) is 27.4 Å². The van der Waals surface area contributed by atoms with Gasteiger partial charge in [-0.25, -0.2) is 9.97 Å². The number of carbonyl (C=O) groups excluding carboxylic acids is 1. The molecule has 6 nitrogen and oxygen atoms in total. The fourth-order valence-electron chi connectivity index (χ4n) is 3.10. The molecular weight excluding hydrogens is 350 g/mol. The second kappa shape index (κ2) is 7.92. The molecule has 0 radical (unpaired) electrons. The predicted molar refractivity (Wildman–Crippen MR) is 111 cm³/mol. The number of benzene rings is 2. The van der Waals surface area contributed by atoms with Crippen molar-refractivity contribution >= 4 is 28.3 Å². The Kier molecular flexibility index (Phi) is 5.01. The molecule has 6 heteroatoms. The highest BCUT2D eigenvalue weighted by atomic mass is 16.1. The third-order valence-electron chi connectivity index (χ3n) is 4.65. The van der Waals surface area contributed by atoms with Crippen molar-refractivity contribution in [3.05, 3.63) is 83.9 Å². The molecule has 0 unspecified atom stereocenters. The number of anilines is 2. The van der Waals surface area contributed by atoms with E-state index >= 15 is 0 Å². The standard InChI is InChI=1S/C22H21N5O/c1-15-6-2-4-8-18(15)27-21-14-25-20(13-26-21)22(28)23-11-10-16-12-24-19-9-5-3-7-17(16)19/h2-9,12-14,24H,10-11H2,1H3,(H,23,28)(H,26,27). The van der Waals surface area contributed by atoms with Crippen LogP contribution in [0.3, 0.4) is 0 Å². The number of hydrogen-bond acceptors (Lipinski definition) is 4. The van der Waals surface area contributed by atoms with E-state index in [9.17, 15) is 4.79 Å². The third kappa shape index (κ3) is 3.86. The number of fused-ring (bicyclic) bond motifs is 1. The maximum atomic E-state index is 12.3. The van der Waals surface area contributed by atoms with Crippen molar-refractivity contribution in [1.82, 2.24) is 20.3 Å². The smallest absolute Gasteiger partial charge is 0.271 e. The summed E-state index contributed by atoms with van der Waals surface area (Å²) in [4.78, 5) is 24.1. The average Bonchev–Trinajstić information content (AvgIpc) is 3.13. The van der Waals surface area contributed by atoms with E-state index in [1.165, 1.54) is 17.1 Å². The van der Waals surface area contributed by atoms with Crippen LogP contribution in [0.15, 0.2) is 67.1 Å². The van der Waals surface area contributed by atoms with Crippen molar-refractivity contribution in [3.63, 3.8) is 0 Å². The van der Waals surface area contributed by atoms with E-state index in [1.54, 1.807) is 6.20 Å². The van der Waals surface area contributed by atoms with Gasteiger partial charge in [-0.15, -0.1) is 0 Å². The van der Waals surface area contributed by atoms with Crippen molar-refractivity contribution < 1.29 is 4.79 Å². The lowest BCUT2D eigenvalue weighted by atomic mass is 10.1. The Morgan fingerprint density at radius 3 is 2.68 bits per heavy atom. The summed E-state index contributed by atoms with van der Waals surface area (Å²) in [5.74, 6) is 0.374. The van der Waals surface area contributed by atoms with Crippen molar-refractivity contribution in [2.45, 2.75) is 13.3 Å². The van der Waals surface area contributed by atoms with Crippen LogP contribution < -0.4 is 10.6 Å². The summed E-state index contributed by atoms with van der Waals surface area (Å²) < 4.78 is 0. The van der Waals surface area contributed by atoms with Gasteiger partial charge in [0.2, 0.25) is 0 Å². The molecule has 140 valence electrons. The van der Waals surface area contributed by atoms with Crippen molar-refractivity contribution in [1.29, 1.82) is 0 Å². The van der Waals surface area contributed by atoms with Crippen molar-refractivity contribution in [3.8, 4) is 0 Å². The van der Waals surface area contributed by atoms with Gasteiger partial charge >= 0.3 is 0 Å². The van der Waals surface area contributed by atoms with Gasteiger partial charge in [0, 0.05) is 29.3 Å². The summed E-state index contributed by atoms with van der Waals surface area (Å²) in [6.07, 6.45) is 5.79. The number of amides is 1. The summed E-state index contributed by atoms with van der Waals surface area (Å²) in [7, 11) is 0. The van der Waals surface area contributed by atoms with Gasteiger partial charge in [0.1, 0.15) is 11.5 Å². The highest BCUT2D eigenvalue weighted by Gasteiger charge is 2.09. The molecular formula is C22H21N5O. The Hall–Kier alpha value is -3.67. The zero-order chi connectivity index (χ0) is 19.3. The van der Waals surface area contributed by atoms with Crippen LogP contribution in [0.1, 0.15) is 21.6 Å². The number of aromatic amines is 1. The van der Waals surface area contributed by atoms with E-state index < -0.39 is 0 Å². The topological polar surface area (TPSA) is 82.7 Å². The molecule has 3 N–H and O–H groups in total. The van der Waals surface area contributed by atoms with Crippen LogP contribution in [-0.2, 0) is 6.42 Å². The Morgan fingerprint density at radius 2 is 1.86 bits per heavy atom. The summed E-state index contributed by atoms with van der Waals surface area (Å²) in [5.41, 5.74) is 4.66. The van der Waals surface area contributed by atoms with Gasteiger partial charge in [-0.1, -0.05) is 36.4 Å². The molecule has 0 aliphatic rings. The van der Waals surface area contributed by atoms with Crippen LogP contribution in [0.5, 0.6) is 0 Å². The third-order valence-corrected chi connectivity index (χ3v) is 4.65. The van der Waals surface area contributed by atoms with E-state index in [1.807, 2.05) is 55.6 Å². The highest BCUT2D eigenvalue weighted by molar-refractivity contribution is 5.92. The van der Waals surface area contributed by atoms with Gasteiger partial charge < -0.3 is 15.6 Å². The van der Waals surface area contributed by atoms with E-state index in [0.29, 0.717) is 18.1 Å². The number of hydrogen-bond donors (Lipinski definition) is 3. The second-order valence-electron chi connectivity index (χ2n) is 6.59. The normalized spacial score (nSPS) is 10.8. The molecule has 28 heavy (non-hydrogen) atoms. The zero-order valence-corrected chi connectivity index (χ0v) is 15.6. The SMILES string of the molecule is Cc1ccccc1Nc1cnc(C(=O)NCCc2c[nH]c3ccccc23)cn1. The van der Waals surface area contributed by atoms with Crippen LogP contribution in [0.2, 0.25) is 0 Å². The van der Waals surface area contributed by atoms with Gasteiger partial charge in [0.15, 0.2) is 0 Å². The summed E-state index contributed by atoms with van der Waals surface area (Å²) >= 11 is 0. The number of para-hydroxylation sites is 2. The van der Waals surface area contributed by atoms with Gasteiger partial charge in [-0.2, -0.15) is 0 Å². The van der Waals surface area contributed by atoms with Crippen molar-refractivity contribution in [2.24, 2.45) is 0 Å². The molecule has 2 aromatic carbocycles. The summed E-state index contributed by atoms with van der Waals surface area (Å²) in [6.45, 7) is 2.55. The number of carbonyl (C=O) groups is 1. The van der Waals surface area contributed by atoms with Crippen LogP contribution in [0.25, 0.3) is 10.9 Å². The lowest BCUT2D eigenvalue weighted by Crippen LogP contribution is -2.26. The molecule has 0 aliphatic carbocycles. The quantitative estimate of drug-likeness (QED) is 0.479. The predicted octanol–water partition coefficient (Wildman–Crippen LogP) is 3.98. The van der Waals surface area contributed by atoms with Gasteiger partial charge in [0.05, 0.1) is 12.4 Å². The Balaban J connectivity index is 1.34. The molecule has 0 fully saturated rings. The number of H-pyrrole nitrogens is 1. The first-order valence-corrected chi connectivity index (χ1v) is 9.18. The Labute approximate surface area is 163 Å². The van der Waals surface area contributed by atoms with Gasteiger partial charge in [0.25, 0.3) is 5.91 Å². The Morgan fingerprint density at radius 1 is 1.04 bits per heavy atom. The lowest BCUT2D eigenvalue weighted by Gasteiger charge is -2.09. The number of aromatic nitrogens is 3. The molecule has 2 heterocycles. The molecule has 0 spiro atoms. The van der Waals surface area contributed by atoms with Crippen LogP contribution >= 0.6 is 0 Å². The summed E-state index contributed by atoms with van der Waals surface area (Å²) in [5, 5.41) is 7.30. The molecule has 0 saturated carbocycles.